The van der Waals surface area contributed by atoms with E-state index < -0.39 is 54.6 Å². The Kier molecular flexibility index (Phi) is 8.76. The van der Waals surface area contributed by atoms with Crippen molar-refractivity contribution in [2.45, 2.75) is 48.5 Å². The van der Waals surface area contributed by atoms with Crippen LogP contribution < -0.4 is 5.32 Å². The molecule has 1 N–H and O–H groups in total. The van der Waals surface area contributed by atoms with Crippen molar-refractivity contribution >= 4 is 62.1 Å². The molecule has 0 bridgehead atoms. The van der Waals surface area contributed by atoms with E-state index in [4.69, 9.17) is 11.6 Å². The van der Waals surface area contributed by atoms with Gasteiger partial charge in [-0.3, -0.25) is 39.9 Å². The van der Waals surface area contributed by atoms with E-state index in [-0.39, 0.29) is 40.7 Å². The molecule has 2 fully saturated rings. The van der Waals surface area contributed by atoms with Crippen molar-refractivity contribution < 1.29 is 24.4 Å². The molecule has 3 aromatic rings. The zero-order chi connectivity index (χ0) is 33.6. The van der Waals surface area contributed by atoms with Crippen molar-refractivity contribution in [2.75, 3.05) is 0 Å². The Morgan fingerprint density at radius 3 is 2.21 bits per heavy atom. The van der Waals surface area contributed by atoms with Crippen molar-refractivity contribution in [1.29, 1.82) is 0 Å². The summed E-state index contributed by atoms with van der Waals surface area (Å²) in [6, 6.07) is 15.8. The molecule has 2 heterocycles. The molecule has 6 rings (SSSR count). The summed E-state index contributed by atoms with van der Waals surface area (Å²) in [4.78, 5) is 61.0. The number of nitro groups is 3. The average molecular weight is 726 g/mol. The predicted octanol–water partition coefficient (Wildman–Crippen LogP) is 6.47. The lowest BCUT2D eigenvalue weighted by Crippen LogP contribution is -2.57. The van der Waals surface area contributed by atoms with Crippen molar-refractivity contribution in [2.24, 2.45) is 16.9 Å². The topological polar surface area (TPSA) is 191 Å². The standard InChI is InChI=1S/C31H26BrClN6O8/c32-19-9-10-22-21(14-19)27(16-5-2-1-3-6-16)28(30(40)34-22)23-15-24(17-7-4-8-20(11-17)37(42)43)36(35-23)31(41)18-12-25(38(44)45)29(33)26(13-18)39(46)47/h1-8,11-13,19,21-22,24,27-28H,9-10,14-15H2,(H,34,40). The van der Waals surface area contributed by atoms with Crippen LogP contribution in [0.25, 0.3) is 0 Å². The minimum absolute atomic E-state index is 0.0151. The molecule has 0 spiro atoms. The second kappa shape index (κ2) is 12.8. The number of benzene rings is 3. The number of hydrazone groups is 1. The fraction of sp³-hybridized carbons (Fsp3) is 0.323. The zero-order valence-corrected chi connectivity index (χ0v) is 26.7. The largest absolute Gasteiger partial charge is 0.352 e. The number of hydrogen-bond acceptors (Lipinski definition) is 9. The lowest BCUT2D eigenvalue weighted by molar-refractivity contribution is -0.393. The molecule has 2 amide bonds. The zero-order valence-electron chi connectivity index (χ0n) is 24.4. The van der Waals surface area contributed by atoms with E-state index in [0.717, 1.165) is 42.0 Å². The molecular formula is C31H26BrClN6O8. The number of alkyl halides is 1. The maximum absolute atomic E-state index is 14.1. The summed E-state index contributed by atoms with van der Waals surface area (Å²) in [6.45, 7) is 0. The smallest absolute Gasteiger partial charge is 0.295 e. The van der Waals surface area contributed by atoms with Gasteiger partial charge in [0.05, 0.1) is 38.0 Å². The summed E-state index contributed by atoms with van der Waals surface area (Å²) in [6.07, 6.45) is 2.47. The van der Waals surface area contributed by atoms with Gasteiger partial charge in [0.2, 0.25) is 5.91 Å². The van der Waals surface area contributed by atoms with Crippen LogP contribution in [0.3, 0.4) is 0 Å². The second-order valence-electron chi connectivity index (χ2n) is 11.8. The number of fused-ring (bicyclic) bond motifs is 1. The molecule has 242 valence electrons. The third kappa shape index (κ3) is 6.07. The highest BCUT2D eigenvalue weighted by Crippen LogP contribution is 2.48. The van der Waals surface area contributed by atoms with Crippen molar-refractivity contribution in [3.05, 3.63) is 119 Å². The van der Waals surface area contributed by atoms with Gasteiger partial charge in [-0.05, 0) is 36.3 Å². The Hall–Kier alpha value is -4.76. The van der Waals surface area contributed by atoms with Crippen LogP contribution in [0.4, 0.5) is 17.1 Å². The number of non-ortho nitro benzene ring substituents is 1. The molecule has 16 heteroatoms. The quantitative estimate of drug-likeness (QED) is 0.163. The van der Waals surface area contributed by atoms with E-state index in [9.17, 15) is 39.9 Å². The van der Waals surface area contributed by atoms with E-state index in [0.29, 0.717) is 11.3 Å². The highest BCUT2D eigenvalue weighted by Gasteiger charge is 2.51. The van der Waals surface area contributed by atoms with Gasteiger partial charge in [0.15, 0.2) is 5.02 Å². The highest BCUT2D eigenvalue weighted by molar-refractivity contribution is 9.09. The molecule has 3 aromatic carbocycles. The number of hydrogen-bond donors (Lipinski definition) is 1. The second-order valence-corrected chi connectivity index (χ2v) is 13.4. The van der Waals surface area contributed by atoms with Gasteiger partial charge in [0.1, 0.15) is 0 Å². The van der Waals surface area contributed by atoms with Gasteiger partial charge in [-0.1, -0.05) is 70.0 Å². The Balaban J connectivity index is 1.49. The predicted molar refractivity (Wildman–Crippen MR) is 173 cm³/mol. The van der Waals surface area contributed by atoms with Gasteiger partial charge in [-0.25, -0.2) is 5.01 Å². The molecule has 1 saturated carbocycles. The number of carbonyl (C=O) groups excluding carboxylic acids is 2. The van der Waals surface area contributed by atoms with Crippen LogP contribution in [-0.2, 0) is 4.79 Å². The molecule has 0 aromatic heterocycles. The van der Waals surface area contributed by atoms with E-state index >= 15 is 0 Å². The third-order valence-electron chi connectivity index (χ3n) is 9.09. The fourth-order valence-corrected chi connectivity index (χ4v) is 7.96. The molecule has 2 aliphatic heterocycles. The number of nitro benzene ring substituents is 3. The van der Waals surface area contributed by atoms with Crippen LogP contribution in [-0.4, -0.2) is 48.2 Å². The fourth-order valence-electron chi connectivity index (χ4n) is 7.01. The number of rotatable bonds is 7. The maximum Gasteiger partial charge on any atom is 0.295 e. The van der Waals surface area contributed by atoms with E-state index in [1.807, 2.05) is 30.3 Å². The van der Waals surface area contributed by atoms with Gasteiger partial charge < -0.3 is 5.32 Å². The molecule has 14 nitrogen and oxygen atoms in total. The number of nitrogens with zero attached hydrogens (tertiary/aromatic N) is 5. The lowest BCUT2D eigenvalue weighted by Gasteiger charge is -2.46. The number of piperidine rings is 1. The number of nitrogens with one attached hydrogen (secondary N) is 1. The van der Waals surface area contributed by atoms with Crippen LogP contribution in [0.5, 0.6) is 0 Å². The average Bonchev–Trinajstić information content (AvgIpc) is 3.49. The lowest BCUT2D eigenvalue weighted by atomic mass is 9.64. The number of carbonyl (C=O) groups is 2. The Morgan fingerprint density at radius 2 is 1.57 bits per heavy atom. The molecule has 47 heavy (non-hydrogen) atoms. The minimum atomic E-state index is -0.969. The monoisotopic (exact) mass is 724 g/mol. The summed E-state index contributed by atoms with van der Waals surface area (Å²) >= 11 is 9.70. The van der Waals surface area contributed by atoms with Gasteiger partial charge in [0.25, 0.3) is 23.0 Å². The number of halogens is 2. The molecular weight excluding hydrogens is 700 g/mol. The summed E-state index contributed by atoms with van der Waals surface area (Å²) in [5.41, 5.74) is -0.775. The first kappa shape index (κ1) is 32.2. The third-order valence-corrected chi connectivity index (χ3v) is 10.3. The van der Waals surface area contributed by atoms with E-state index in [2.05, 4.69) is 26.3 Å². The molecule has 1 saturated heterocycles. The van der Waals surface area contributed by atoms with Crippen LogP contribution in [0.2, 0.25) is 5.02 Å². The molecule has 6 atom stereocenters. The van der Waals surface area contributed by atoms with Crippen LogP contribution in [0.1, 0.15) is 59.1 Å². The highest BCUT2D eigenvalue weighted by atomic mass is 79.9. The van der Waals surface area contributed by atoms with Gasteiger partial charge >= 0.3 is 0 Å². The first-order valence-electron chi connectivity index (χ1n) is 14.7. The van der Waals surface area contributed by atoms with Crippen LogP contribution in [0, 0.1) is 42.2 Å². The molecule has 1 aliphatic carbocycles. The number of amides is 2. The minimum Gasteiger partial charge on any atom is -0.352 e. The first-order valence-corrected chi connectivity index (χ1v) is 16.0. The van der Waals surface area contributed by atoms with Crippen molar-refractivity contribution in [1.82, 2.24) is 10.3 Å². The summed E-state index contributed by atoms with van der Waals surface area (Å²) in [5, 5.41) is 43.2. The van der Waals surface area contributed by atoms with Crippen molar-refractivity contribution in [3.63, 3.8) is 0 Å². The first-order chi connectivity index (χ1) is 22.4. The summed E-state index contributed by atoms with van der Waals surface area (Å²) in [7, 11) is 0. The maximum atomic E-state index is 14.1. The van der Waals surface area contributed by atoms with Crippen LogP contribution in [0.15, 0.2) is 71.8 Å². The Labute approximate surface area is 280 Å². The Bertz CT molecular complexity index is 1810. The van der Waals surface area contributed by atoms with E-state index in [1.165, 1.54) is 18.2 Å². The summed E-state index contributed by atoms with van der Waals surface area (Å²) < 4.78 is 0. The molecule has 3 aliphatic rings. The summed E-state index contributed by atoms with van der Waals surface area (Å²) in [5.74, 6) is -2.31. The van der Waals surface area contributed by atoms with Crippen molar-refractivity contribution in [3.8, 4) is 0 Å². The van der Waals surface area contributed by atoms with Gasteiger partial charge in [0, 0.05) is 47.5 Å². The molecule has 6 unspecified atom stereocenters. The molecule has 0 radical (unpaired) electrons. The van der Waals surface area contributed by atoms with Crippen LogP contribution >= 0.6 is 27.5 Å². The Morgan fingerprint density at radius 1 is 0.915 bits per heavy atom. The van der Waals surface area contributed by atoms with Gasteiger partial charge in [-0.2, -0.15) is 5.10 Å². The SMILES string of the molecule is O=C1NC2CCC(Br)CC2C(c2ccccc2)C1C1=NN(C(=O)c2cc([N+](=O)[O-])c(Cl)c([N+](=O)[O-])c2)C(c2cccc([N+](=O)[O-])c2)C1. The normalized spacial score (nSPS) is 25.4. The van der Waals surface area contributed by atoms with E-state index in [1.54, 1.807) is 6.07 Å². The van der Waals surface area contributed by atoms with Gasteiger partial charge in [-0.15, -0.1) is 0 Å².